The van der Waals surface area contributed by atoms with Gasteiger partial charge in [0.1, 0.15) is 0 Å². The molecule has 0 saturated carbocycles. The van der Waals surface area contributed by atoms with Crippen molar-refractivity contribution in [2.75, 3.05) is 18.5 Å². The summed E-state index contributed by atoms with van der Waals surface area (Å²) in [7, 11) is 0. The molecular formula is C9H13F3N4O2S. The summed E-state index contributed by atoms with van der Waals surface area (Å²) >= 11 is -0.452. The highest BCUT2D eigenvalue weighted by molar-refractivity contribution is 8.00. The number of carbonyl (C=O) groups is 1. The maximum Gasteiger partial charge on any atom is 0.449 e. The van der Waals surface area contributed by atoms with Crippen molar-refractivity contribution in [3.05, 3.63) is 0 Å². The van der Waals surface area contributed by atoms with Gasteiger partial charge in [-0.1, -0.05) is 0 Å². The van der Waals surface area contributed by atoms with E-state index in [1.54, 1.807) is 0 Å². The largest absolute Gasteiger partial charge is 0.449 e. The van der Waals surface area contributed by atoms with E-state index in [1.807, 2.05) is 6.92 Å². The molecule has 0 aliphatic rings. The molecule has 0 bridgehead atoms. The van der Waals surface area contributed by atoms with Crippen LogP contribution in [0.15, 0.2) is 5.16 Å². The highest BCUT2D eigenvalue weighted by atomic mass is 32.2. The summed E-state index contributed by atoms with van der Waals surface area (Å²) in [6.45, 7) is 2.87. The predicted octanol–water partition coefficient (Wildman–Crippen LogP) is 2.17. The number of amides is 1. The number of nitrogens with zero attached hydrogens (tertiary/aromatic N) is 2. The van der Waals surface area contributed by atoms with Gasteiger partial charge in [0.2, 0.25) is 17.0 Å². The summed E-state index contributed by atoms with van der Waals surface area (Å²) in [6, 6.07) is 0. The number of halogens is 3. The van der Waals surface area contributed by atoms with E-state index >= 15 is 0 Å². The Morgan fingerprint density at radius 3 is 2.89 bits per heavy atom. The van der Waals surface area contributed by atoms with Crippen LogP contribution in [-0.2, 0) is 9.53 Å². The third-order valence-electron chi connectivity index (χ3n) is 1.83. The molecule has 10 heteroatoms. The minimum Gasteiger partial charge on any atom is -0.382 e. The zero-order chi connectivity index (χ0) is 14.3. The molecule has 108 valence electrons. The number of anilines is 1. The molecule has 1 heterocycles. The molecule has 0 atom stereocenters. The lowest BCUT2D eigenvalue weighted by atomic mass is 10.3. The van der Waals surface area contributed by atoms with Crippen molar-refractivity contribution in [1.29, 1.82) is 0 Å². The lowest BCUT2D eigenvalue weighted by molar-refractivity contribution is -0.116. The first-order chi connectivity index (χ1) is 8.90. The van der Waals surface area contributed by atoms with E-state index in [1.165, 1.54) is 0 Å². The molecule has 0 fully saturated rings. The van der Waals surface area contributed by atoms with E-state index in [4.69, 9.17) is 4.74 Å². The SMILES string of the molecule is CCOCCCC(=O)Nc1nc(SC(F)(F)F)n[nH]1. The van der Waals surface area contributed by atoms with Crippen LogP contribution in [0.4, 0.5) is 19.1 Å². The van der Waals surface area contributed by atoms with Crippen molar-refractivity contribution in [2.24, 2.45) is 0 Å². The molecule has 2 N–H and O–H groups in total. The number of rotatable bonds is 7. The molecule has 1 rings (SSSR count). The van der Waals surface area contributed by atoms with Gasteiger partial charge in [-0.05, 0) is 13.3 Å². The van der Waals surface area contributed by atoms with Crippen LogP contribution in [0.2, 0.25) is 0 Å². The normalized spacial score (nSPS) is 11.6. The fourth-order valence-corrected chi connectivity index (χ4v) is 1.56. The summed E-state index contributed by atoms with van der Waals surface area (Å²) < 4.78 is 41.1. The number of H-pyrrole nitrogens is 1. The van der Waals surface area contributed by atoms with E-state index < -0.39 is 22.4 Å². The average Bonchev–Trinajstić information content (AvgIpc) is 2.69. The van der Waals surface area contributed by atoms with Crippen LogP contribution in [0.5, 0.6) is 0 Å². The number of aromatic amines is 1. The first-order valence-electron chi connectivity index (χ1n) is 5.46. The monoisotopic (exact) mass is 298 g/mol. The van der Waals surface area contributed by atoms with Gasteiger partial charge in [-0.2, -0.15) is 18.2 Å². The summed E-state index contributed by atoms with van der Waals surface area (Å²) in [6.07, 6.45) is 0.723. The van der Waals surface area contributed by atoms with Gasteiger partial charge < -0.3 is 4.74 Å². The molecule has 1 aromatic heterocycles. The van der Waals surface area contributed by atoms with Gasteiger partial charge >= 0.3 is 5.51 Å². The zero-order valence-electron chi connectivity index (χ0n) is 10.1. The van der Waals surface area contributed by atoms with Crippen LogP contribution < -0.4 is 5.32 Å². The second-order valence-corrected chi connectivity index (χ2v) is 4.40. The highest BCUT2D eigenvalue weighted by Crippen LogP contribution is 2.34. The van der Waals surface area contributed by atoms with Gasteiger partial charge in [0.25, 0.3) is 0 Å². The van der Waals surface area contributed by atoms with Crippen LogP contribution in [0.25, 0.3) is 0 Å². The molecule has 0 aromatic carbocycles. The molecule has 0 aliphatic carbocycles. The molecule has 1 amide bonds. The second-order valence-electron chi connectivity index (χ2n) is 3.36. The molecule has 1 aromatic rings. The Kier molecular flexibility index (Phi) is 6.09. The van der Waals surface area contributed by atoms with Gasteiger partial charge in [-0.15, -0.1) is 5.10 Å². The summed E-state index contributed by atoms with van der Waals surface area (Å²) in [5.74, 6) is -0.465. The Bertz CT molecular complexity index is 410. The first kappa shape index (κ1) is 15.8. The second kappa shape index (κ2) is 7.34. The van der Waals surface area contributed by atoms with Crippen LogP contribution in [0.1, 0.15) is 19.8 Å². The van der Waals surface area contributed by atoms with E-state index in [-0.39, 0.29) is 18.3 Å². The maximum atomic E-state index is 12.0. The summed E-state index contributed by atoms with van der Waals surface area (Å²) in [4.78, 5) is 14.9. The standard InChI is InChI=1S/C9H13F3N4O2S/c1-2-18-5-3-4-6(17)13-7-14-8(16-15-7)19-9(10,11)12/h2-5H2,1H3,(H2,13,14,15,16,17). The number of ether oxygens (including phenoxy) is 1. The maximum absolute atomic E-state index is 12.0. The Hall–Kier alpha value is -1.29. The minimum absolute atomic E-state index is 0.104. The quantitative estimate of drug-likeness (QED) is 0.595. The molecular weight excluding hydrogens is 285 g/mol. The smallest absolute Gasteiger partial charge is 0.382 e. The molecule has 19 heavy (non-hydrogen) atoms. The Labute approximate surface area is 111 Å². The topological polar surface area (TPSA) is 79.9 Å². The van der Waals surface area contributed by atoms with Crippen molar-refractivity contribution >= 4 is 23.6 Å². The van der Waals surface area contributed by atoms with Gasteiger partial charge in [-0.25, -0.2) is 5.10 Å². The molecule has 0 radical (unpaired) electrons. The third-order valence-corrected chi connectivity index (χ3v) is 2.42. The number of hydrogen-bond acceptors (Lipinski definition) is 5. The molecule has 0 unspecified atom stereocenters. The van der Waals surface area contributed by atoms with E-state index in [2.05, 4.69) is 20.5 Å². The number of hydrogen-bond donors (Lipinski definition) is 2. The average molecular weight is 298 g/mol. The van der Waals surface area contributed by atoms with Crippen LogP contribution in [-0.4, -0.2) is 39.8 Å². The van der Waals surface area contributed by atoms with Crippen LogP contribution in [0.3, 0.4) is 0 Å². The van der Waals surface area contributed by atoms with Gasteiger partial charge in [0, 0.05) is 31.4 Å². The lowest BCUT2D eigenvalue weighted by Crippen LogP contribution is -2.13. The molecule has 0 aliphatic heterocycles. The Morgan fingerprint density at radius 1 is 1.53 bits per heavy atom. The number of carbonyl (C=O) groups excluding carboxylic acids is 1. The molecule has 6 nitrogen and oxygen atoms in total. The number of thioether (sulfide) groups is 1. The van der Waals surface area contributed by atoms with Crippen molar-refractivity contribution in [1.82, 2.24) is 15.2 Å². The van der Waals surface area contributed by atoms with Crippen molar-refractivity contribution in [3.8, 4) is 0 Å². The zero-order valence-corrected chi connectivity index (χ0v) is 10.9. The van der Waals surface area contributed by atoms with Crippen LogP contribution >= 0.6 is 11.8 Å². The Morgan fingerprint density at radius 2 is 2.26 bits per heavy atom. The van der Waals surface area contributed by atoms with Crippen molar-refractivity contribution < 1.29 is 22.7 Å². The summed E-state index contributed by atoms with van der Waals surface area (Å²) in [5, 5.41) is 7.38. The summed E-state index contributed by atoms with van der Waals surface area (Å²) in [5.41, 5.74) is -4.46. The van der Waals surface area contributed by atoms with Gasteiger partial charge in [0.05, 0.1) is 0 Å². The van der Waals surface area contributed by atoms with E-state index in [0.29, 0.717) is 19.6 Å². The van der Waals surface area contributed by atoms with Gasteiger partial charge in [-0.3, -0.25) is 10.1 Å². The van der Waals surface area contributed by atoms with Gasteiger partial charge in [0.15, 0.2) is 0 Å². The first-order valence-corrected chi connectivity index (χ1v) is 6.28. The predicted molar refractivity (Wildman–Crippen MR) is 62.7 cm³/mol. The van der Waals surface area contributed by atoms with E-state index in [9.17, 15) is 18.0 Å². The van der Waals surface area contributed by atoms with Crippen molar-refractivity contribution in [3.63, 3.8) is 0 Å². The fraction of sp³-hybridized carbons (Fsp3) is 0.667. The number of aromatic nitrogens is 3. The number of nitrogens with one attached hydrogen (secondary N) is 2. The fourth-order valence-electron chi connectivity index (χ4n) is 1.13. The third kappa shape index (κ3) is 7.01. The van der Waals surface area contributed by atoms with E-state index in [0.717, 1.165) is 0 Å². The Balaban J connectivity index is 2.34. The van der Waals surface area contributed by atoms with Crippen LogP contribution in [0, 0.1) is 0 Å². The minimum atomic E-state index is -4.46. The highest BCUT2D eigenvalue weighted by Gasteiger charge is 2.31. The molecule has 0 spiro atoms. The van der Waals surface area contributed by atoms with Crippen molar-refractivity contribution in [2.45, 2.75) is 30.4 Å². The number of alkyl halides is 3. The molecule has 0 saturated heterocycles. The lowest BCUT2D eigenvalue weighted by Gasteiger charge is -2.02.